The summed E-state index contributed by atoms with van der Waals surface area (Å²) in [5.74, 6) is -0.308. The topological polar surface area (TPSA) is 138 Å². The van der Waals surface area contributed by atoms with E-state index in [1.54, 1.807) is 7.11 Å². The first-order valence-corrected chi connectivity index (χ1v) is 7.18. The molecular weight excluding hydrogens is 298 g/mol. The summed E-state index contributed by atoms with van der Waals surface area (Å²) in [6.45, 7) is 1.26. The third-order valence-corrected chi connectivity index (χ3v) is 3.30. The quantitative estimate of drug-likeness (QED) is 0.290. The number of aliphatic hydroxyl groups excluding tert-OH is 4. The predicted octanol–water partition coefficient (Wildman–Crippen LogP) is -2.65. The van der Waals surface area contributed by atoms with Gasteiger partial charge in [-0.05, 0) is 6.42 Å². The summed E-state index contributed by atoms with van der Waals surface area (Å²) >= 11 is 0. The number of aliphatic hydroxyl groups is 4. The zero-order valence-electron chi connectivity index (χ0n) is 12.6. The Morgan fingerprint density at radius 3 is 2.50 bits per heavy atom. The largest absolute Gasteiger partial charge is 0.388 e. The first-order valence-electron chi connectivity index (χ1n) is 7.18. The summed E-state index contributed by atoms with van der Waals surface area (Å²) in [7, 11) is 1.60. The maximum absolute atomic E-state index is 11.6. The van der Waals surface area contributed by atoms with E-state index in [9.17, 15) is 25.2 Å². The fourth-order valence-electron chi connectivity index (χ4n) is 1.97. The Bertz CT molecular complexity index is 329. The number of hydrogen-bond donors (Lipinski definition) is 5. The van der Waals surface area contributed by atoms with E-state index >= 15 is 0 Å². The molecular formula is C13H25NO8. The molecule has 1 aliphatic rings. The second-order valence-electron chi connectivity index (χ2n) is 5.05. The van der Waals surface area contributed by atoms with Gasteiger partial charge in [-0.25, -0.2) is 0 Å². The first-order chi connectivity index (χ1) is 10.5. The first kappa shape index (κ1) is 19.2. The van der Waals surface area contributed by atoms with Crippen LogP contribution in [0.25, 0.3) is 0 Å². The molecule has 0 aromatic rings. The number of hydrogen-bond acceptors (Lipinski definition) is 8. The molecule has 0 aromatic heterocycles. The van der Waals surface area contributed by atoms with Crippen LogP contribution < -0.4 is 5.32 Å². The summed E-state index contributed by atoms with van der Waals surface area (Å²) in [6.07, 6.45) is -6.23. The van der Waals surface area contributed by atoms with Crippen LogP contribution in [0.3, 0.4) is 0 Å². The van der Waals surface area contributed by atoms with E-state index in [0.29, 0.717) is 13.2 Å². The van der Waals surface area contributed by atoms with Crippen molar-refractivity contribution < 1.29 is 39.4 Å². The van der Waals surface area contributed by atoms with Gasteiger partial charge >= 0.3 is 0 Å². The lowest BCUT2D eigenvalue weighted by Gasteiger charge is -2.38. The Morgan fingerprint density at radius 2 is 1.82 bits per heavy atom. The molecule has 1 aliphatic heterocycles. The second-order valence-corrected chi connectivity index (χ2v) is 5.05. The molecule has 1 amide bonds. The second kappa shape index (κ2) is 10.1. The molecule has 22 heavy (non-hydrogen) atoms. The van der Waals surface area contributed by atoms with Crippen molar-refractivity contribution in [3.63, 3.8) is 0 Å². The fraction of sp³-hybridized carbons (Fsp3) is 0.923. The van der Waals surface area contributed by atoms with Gasteiger partial charge in [0.2, 0.25) is 5.91 Å². The molecule has 2 unspecified atom stereocenters. The molecule has 0 spiro atoms. The molecule has 1 fully saturated rings. The van der Waals surface area contributed by atoms with E-state index in [1.807, 2.05) is 0 Å². The number of carbonyl (C=O) groups excluding carboxylic acids is 1. The van der Waals surface area contributed by atoms with Crippen LogP contribution in [0.1, 0.15) is 12.8 Å². The van der Waals surface area contributed by atoms with Gasteiger partial charge in [0.15, 0.2) is 6.29 Å². The number of rotatable bonds is 9. The van der Waals surface area contributed by atoms with Crippen LogP contribution in [0.2, 0.25) is 0 Å². The van der Waals surface area contributed by atoms with Gasteiger partial charge in [-0.2, -0.15) is 0 Å². The van der Waals surface area contributed by atoms with Crippen molar-refractivity contribution in [2.45, 2.75) is 43.5 Å². The van der Waals surface area contributed by atoms with Crippen LogP contribution in [0.4, 0.5) is 0 Å². The fourth-order valence-corrected chi connectivity index (χ4v) is 1.97. The third-order valence-electron chi connectivity index (χ3n) is 3.30. The minimum atomic E-state index is -1.61. The molecule has 9 heteroatoms. The molecule has 1 rings (SSSR count). The number of amides is 1. The van der Waals surface area contributed by atoms with Gasteiger partial charge in [0.25, 0.3) is 0 Å². The Labute approximate surface area is 128 Å². The summed E-state index contributed by atoms with van der Waals surface area (Å²) in [5.41, 5.74) is 0. The van der Waals surface area contributed by atoms with Gasteiger partial charge < -0.3 is 40.0 Å². The zero-order valence-corrected chi connectivity index (χ0v) is 12.6. The third kappa shape index (κ3) is 6.13. The van der Waals surface area contributed by atoms with Crippen LogP contribution >= 0.6 is 0 Å². The van der Waals surface area contributed by atoms with Crippen LogP contribution in [0.15, 0.2) is 0 Å². The maximum Gasteiger partial charge on any atom is 0.222 e. The van der Waals surface area contributed by atoms with Crippen molar-refractivity contribution in [1.82, 2.24) is 5.32 Å². The molecule has 5 N–H and O–H groups in total. The van der Waals surface area contributed by atoms with Gasteiger partial charge in [-0.1, -0.05) is 0 Å². The van der Waals surface area contributed by atoms with Crippen LogP contribution in [0, 0.1) is 0 Å². The number of carbonyl (C=O) groups is 1. The van der Waals surface area contributed by atoms with E-state index in [4.69, 9.17) is 14.2 Å². The molecule has 5 atom stereocenters. The van der Waals surface area contributed by atoms with Crippen molar-refractivity contribution >= 4 is 5.91 Å². The highest BCUT2D eigenvalue weighted by Crippen LogP contribution is 2.19. The maximum atomic E-state index is 11.6. The lowest BCUT2D eigenvalue weighted by molar-refractivity contribution is -0.280. The van der Waals surface area contributed by atoms with Gasteiger partial charge in [-0.15, -0.1) is 0 Å². The highest BCUT2D eigenvalue weighted by molar-refractivity contribution is 5.75. The van der Waals surface area contributed by atoms with Gasteiger partial charge in [0.05, 0.1) is 6.61 Å². The van der Waals surface area contributed by atoms with E-state index < -0.39 is 30.7 Å². The number of ether oxygens (including phenoxy) is 3. The van der Waals surface area contributed by atoms with E-state index in [2.05, 4.69) is 5.32 Å². The molecule has 0 saturated carbocycles. The van der Waals surface area contributed by atoms with Crippen molar-refractivity contribution in [2.24, 2.45) is 0 Å². The van der Waals surface area contributed by atoms with E-state index in [0.717, 1.165) is 6.42 Å². The number of methoxy groups -OCH3 is 1. The van der Waals surface area contributed by atoms with Crippen LogP contribution in [-0.4, -0.2) is 90.5 Å². The van der Waals surface area contributed by atoms with Crippen LogP contribution in [-0.2, 0) is 19.0 Å². The lowest BCUT2D eigenvalue weighted by Crippen LogP contribution is -2.60. The minimum Gasteiger partial charge on any atom is -0.388 e. The van der Waals surface area contributed by atoms with Crippen molar-refractivity contribution in [2.75, 3.05) is 33.5 Å². The number of nitrogens with one attached hydrogen (secondary N) is 1. The summed E-state index contributed by atoms with van der Waals surface area (Å²) in [5, 5.41) is 40.4. The molecule has 0 aliphatic carbocycles. The standard InChI is InChI=1S/C13H25NO8/c1-20-4-2-5-21-6-3-9(15)14-7-8-10(16)11(17)12(18)13(19)22-8/h8,10-13,16-19H,2-7H2,1H3,(H,14,15)/t8?,10-,11-,12?,13+/m0/s1. The Balaban J connectivity index is 2.18. The normalized spacial score (nSPS) is 32.0. The SMILES string of the molecule is COCCCOCCC(=O)NCC1O[C@@H](O)C(O)[C@@H](O)[C@H]1O. The Hall–Kier alpha value is -0.810. The van der Waals surface area contributed by atoms with Crippen molar-refractivity contribution in [3.05, 3.63) is 0 Å². The van der Waals surface area contributed by atoms with Crippen molar-refractivity contribution in [1.29, 1.82) is 0 Å². The van der Waals surface area contributed by atoms with Gasteiger partial charge in [-0.3, -0.25) is 4.79 Å². The van der Waals surface area contributed by atoms with E-state index in [-0.39, 0.29) is 25.5 Å². The molecule has 130 valence electrons. The molecule has 9 nitrogen and oxygen atoms in total. The van der Waals surface area contributed by atoms with Crippen molar-refractivity contribution in [3.8, 4) is 0 Å². The van der Waals surface area contributed by atoms with Gasteiger partial charge in [0, 0.05) is 33.3 Å². The summed E-state index contributed by atoms with van der Waals surface area (Å²) < 4.78 is 15.0. The average molecular weight is 323 g/mol. The minimum absolute atomic E-state index is 0.0927. The predicted molar refractivity (Wildman–Crippen MR) is 73.8 cm³/mol. The summed E-state index contributed by atoms with van der Waals surface area (Å²) in [4.78, 5) is 11.6. The smallest absolute Gasteiger partial charge is 0.222 e. The van der Waals surface area contributed by atoms with E-state index in [1.165, 1.54) is 0 Å². The molecule has 1 saturated heterocycles. The Morgan fingerprint density at radius 1 is 1.09 bits per heavy atom. The molecule has 0 radical (unpaired) electrons. The summed E-state index contributed by atoms with van der Waals surface area (Å²) in [6, 6.07) is 0. The molecule has 0 aromatic carbocycles. The Kier molecular flexibility index (Phi) is 8.79. The monoisotopic (exact) mass is 323 g/mol. The highest BCUT2D eigenvalue weighted by Gasteiger charge is 2.42. The van der Waals surface area contributed by atoms with Gasteiger partial charge in [0.1, 0.15) is 24.4 Å². The zero-order chi connectivity index (χ0) is 16.5. The molecule has 0 bridgehead atoms. The molecule has 1 heterocycles. The highest BCUT2D eigenvalue weighted by atomic mass is 16.6. The van der Waals surface area contributed by atoms with Crippen LogP contribution in [0.5, 0.6) is 0 Å². The average Bonchev–Trinajstić information content (AvgIpc) is 2.51. The lowest BCUT2D eigenvalue weighted by atomic mass is 9.99.